The first-order valence-corrected chi connectivity index (χ1v) is 10.2. The lowest BCUT2D eigenvalue weighted by molar-refractivity contribution is -0.127. The van der Waals surface area contributed by atoms with Crippen LogP contribution < -0.4 is 14.8 Å². The minimum atomic E-state index is -0.151. The van der Waals surface area contributed by atoms with Gasteiger partial charge < -0.3 is 14.8 Å². The Morgan fingerprint density at radius 1 is 1.11 bits per heavy atom. The fourth-order valence-corrected chi connectivity index (χ4v) is 3.98. The number of para-hydroxylation sites is 2. The van der Waals surface area contributed by atoms with Crippen molar-refractivity contribution in [3.63, 3.8) is 0 Å². The third-order valence-corrected chi connectivity index (χ3v) is 5.56. The third kappa shape index (κ3) is 4.78. The standard InChI is InChI=1S/C22H25ClN2O3/c23-18-5-3-4-16(12-18)14-25-10-8-17(9-11-25)22(26)24-13-19-15-27-20-6-1-2-7-21(20)28-19/h1-7,12,17,19H,8-11,13-15H2,(H,24,26)/t19-/m1/s1. The van der Waals surface area contributed by atoms with Crippen LogP contribution in [-0.4, -0.2) is 43.2 Å². The van der Waals surface area contributed by atoms with E-state index < -0.39 is 0 Å². The average molecular weight is 401 g/mol. The van der Waals surface area contributed by atoms with Gasteiger partial charge in [-0.05, 0) is 55.8 Å². The summed E-state index contributed by atoms with van der Waals surface area (Å²) in [6.07, 6.45) is 1.59. The topological polar surface area (TPSA) is 50.8 Å². The number of fused-ring (bicyclic) bond motifs is 1. The van der Waals surface area contributed by atoms with Gasteiger partial charge in [-0.3, -0.25) is 9.69 Å². The molecule has 1 atom stereocenters. The van der Waals surface area contributed by atoms with Crippen LogP contribution in [0.4, 0.5) is 0 Å². The molecule has 0 saturated carbocycles. The molecule has 0 unspecified atom stereocenters. The zero-order valence-corrected chi connectivity index (χ0v) is 16.5. The van der Waals surface area contributed by atoms with Crippen molar-refractivity contribution in [2.45, 2.75) is 25.5 Å². The normalized spacial score (nSPS) is 20.0. The van der Waals surface area contributed by atoms with E-state index in [2.05, 4.69) is 16.3 Å². The van der Waals surface area contributed by atoms with Crippen molar-refractivity contribution >= 4 is 17.5 Å². The maximum Gasteiger partial charge on any atom is 0.223 e. The van der Waals surface area contributed by atoms with Crippen LogP contribution in [0.15, 0.2) is 48.5 Å². The molecule has 148 valence electrons. The molecule has 2 heterocycles. The molecule has 1 amide bonds. The molecular formula is C22H25ClN2O3. The molecule has 4 rings (SSSR count). The molecular weight excluding hydrogens is 376 g/mol. The van der Waals surface area contributed by atoms with Crippen molar-refractivity contribution in [3.05, 3.63) is 59.1 Å². The highest BCUT2D eigenvalue weighted by Gasteiger charge is 2.27. The monoisotopic (exact) mass is 400 g/mol. The molecule has 0 spiro atoms. The largest absolute Gasteiger partial charge is 0.486 e. The van der Waals surface area contributed by atoms with E-state index in [-0.39, 0.29) is 17.9 Å². The van der Waals surface area contributed by atoms with E-state index in [9.17, 15) is 4.79 Å². The molecule has 2 aliphatic rings. The molecule has 2 aliphatic heterocycles. The first-order chi connectivity index (χ1) is 13.7. The van der Waals surface area contributed by atoms with Crippen LogP contribution in [0, 0.1) is 5.92 Å². The van der Waals surface area contributed by atoms with E-state index in [1.165, 1.54) is 5.56 Å². The number of hydrogen-bond acceptors (Lipinski definition) is 4. The van der Waals surface area contributed by atoms with Gasteiger partial charge in [-0.25, -0.2) is 0 Å². The average Bonchev–Trinajstić information content (AvgIpc) is 2.72. The van der Waals surface area contributed by atoms with Gasteiger partial charge in [0.2, 0.25) is 5.91 Å². The van der Waals surface area contributed by atoms with Crippen molar-refractivity contribution in [3.8, 4) is 11.5 Å². The van der Waals surface area contributed by atoms with Crippen LogP contribution in [0.25, 0.3) is 0 Å². The number of halogens is 1. The molecule has 0 aliphatic carbocycles. The summed E-state index contributed by atoms with van der Waals surface area (Å²) in [7, 11) is 0. The lowest BCUT2D eigenvalue weighted by atomic mass is 9.95. The summed E-state index contributed by atoms with van der Waals surface area (Å²) in [5.74, 6) is 1.68. The second-order valence-electron chi connectivity index (χ2n) is 7.42. The number of likely N-dealkylation sites (tertiary alicyclic amines) is 1. The van der Waals surface area contributed by atoms with Crippen molar-refractivity contribution in [1.82, 2.24) is 10.2 Å². The first-order valence-electron chi connectivity index (χ1n) is 9.80. The lowest BCUT2D eigenvalue weighted by Gasteiger charge is -2.32. The summed E-state index contributed by atoms with van der Waals surface area (Å²) in [6.45, 7) is 3.63. The highest BCUT2D eigenvalue weighted by atomic mass is 35.5. The molecule has 0 aromatic heterocycles. The number of carbonyl (C=O) groups excluding carboxylic acids is 1. The zero-order valence-electron chi connectivity index (χ0n) is 15.8. The molecule has 1 fully saturated rings. The molecule has 6 heteroatoms. The summed E-state index contributed by atoms with van der Waals surface area (Å²) in [6, 6.07) is 15.6. The first kappa shape index (κ1) is 19.1. The van der Waals surface area contributed by atoms with Crippen molar-refractivity contribution in [2.75, 3.05) is 26.2 Å². The van der Waals surface area contributed by atoms with Gasteiger partial charge in [0.15, 0.2) is 11.5 Å². The van der Waals surface area contributed by atoms with Crippen LogP contribution in [0.2, 0.25) is 5.02 Å². The number of amides is 1. The van der Waals surface area contributed by atoms with Gasteiger partial charge in [0.1, 0.15) is 12.7 Å². The highest BCUT2D eigenvalue weighted by molar-refractivity contribution is 6.30. The molecule has 0 radical (unpaired) electrons. The fraction of sp³-hybridized carbons (Fsp3) is 0.409. The predicted molar refractivity (Wildman–Crippen MR) is 109 cm³/mol. The van der Waals surface area contributed by atoms with E-state index in [0.717, 1.165) is 49.0 Å². The summed E-state index contributed by atoms with van der Waals surface area (Å²) >= 11 is 6.06. The van der Waals surface area contributed by atoms with Crippen LogP contribution in [0.1, 0.15) is 18.4 Å². The number of hydrogen-bond donors (Lipinski definition) is 1. The number of rotatable bonds is 5. The van der Waals surface area contributed by atoms with E-state index in [1.54, 1.807) is 0 Å². The molecule has 28 heavy (non-hydrogen) atoms. The number of ether oxygens (including phenoxy) is 2. The Morgan fingerprint density at radius 2 is 1.89 bits per heavy atom. The van der Waals surface area contributed by atoms with E-state index >= 15 is 0 Å². The Bertz CT molecular complexity index is 821. The molecule has 0 bridgehead atoms. The van der Waals surface area contributed by atoms with E-state index in [1.807, 2.05) is 42.5 Å². The molecule has 5 nitrogen and oxygen atoms in total. The fourth-order valence-electron chi connectivity index (χ4n) is 3.77. The molecule has 1 N–H and O–H groups in total. The van der Waals surface area contributed by atoms with Gasteiger partial charge >= 0.3 is 0 Å². The van der Waals surface area contributed by atoms with E-state index in [0.29, 0.717) is 13.2 Å². The van der Waals surface area contributed by atoms with Crippen molar-refractivity contribution in [1.29, 1.82) is 0 Å². The van der Waals surface area contributed by atoms with Gasteiger partial charge in [0.25, 0.3) is 0 Å². The van der Waals surface area contributed by atoms with Crippen molar-refractivity contribution in [2.24, 2.45) is 5.92 Å². The Balaban J connectivity index is 1.20. The minimum Gasteiger partial charge on any atom is -0.486 e. The Labute approximate surface area is 170 Å². The quantitative estimate of drug-likeness (QED) is 0.834. The maximum absolute atomic E-state index is 12.6. The third-order valence-electron chi connectivity index (χ3n) is 5.33. The molecule has 1 saturated heterocycles. The van der Waals surface area contributed by atoms with Gasteiger partial charge in [-0.1, -0.05) is 35.9 Å². The highest BCUT2D eigenvalue weighted by Crippen LogP contribution is 2.30. The summed E-state index contributed by atoms with van der Waals surface area (Å²) in [5.41, 5.74) is 1.21. The molecule has 2 aromatic rings. The summed E-state index contributed by atoms with van der Waals surface area (Å²) in [4.78, 5) is 14.9. The second-order valence-corrected chi connectivity index (χ2v) is 7.86. The van der Waals surface area contributed by atoms with Gasteiger partial charge in [-0.2, -0.15) is 0 Å². The SMILES string of the molecule is O=C(NC[C@@H]1COc2ccccc2O1)C1CCN(Cc2cccc(Cl)c2)CC1. The van der Waals surface area contributed by atoms with Crippen LogP contribution in [0.3, 0.4) is 0 Å². The molecule has 2 aromatic carbocycles. The van der Waals surface area contributed by atoms with Gasteiger partial charge in [-0.15, -0.1) is 0 Å². The number of nitrogens with one attached hydrogen (secondary N) is 1. The van der Waals surface area contributed by atoms with Gasteiger partial charge in [0, 0.05) is 17.5 Å². The maximum atomic E-state index is 12.6. The summed E-state index contributed by atoms with van der Waals surface area (Å²) in [5, 5.41) is 3.81. The Morgan fingerprint density at radius 3 is 2.68 bits per heavy atom. The summed E-state index contributed by atoms with van der Waals surface area (Å²) < 4.78 is 11.6. The lowest BCUT2D eigenvalue weighted by Crippen LogP contribution is -2.45. The van der Waals surface area contributed by atoms with E-state index in [4.69, 9.17) is 21.1 Å². The van der Waals surface area contributed by atoms with Gasteiger partial charge in [0.05, 0.1) is 6.54 Å². The number of nitrogens with zero attached hydrogens (tertiary/aromatic N) is 1. The second kappa shape index (κ2) is 8.84. The number of carbonyl (C=O) groups is 1. The number of piperidine rings is 1. The van der Waals surface area contributed by atoms with Crippen LogP contribution in [0.5, 0.6) is 11.5 Å². The van der Waals surface area contributed by atoms with Crippen LogP contribution >= 0.6 is 11.6 Å². The Kier molecular flexibility index (Phi) is 6.03. The minimum absolute atomic E-state index is 0.0624. The smallest absolute Gasteiger partial charge is 0.223 e. The predicted octanol–water partition coefficient (Wildman–Crippen LogP) is 3.51. The zero-order chi connectivity index (χ0) is 19.3. The Hall–Kier alpha value is -2.24. The van der Waals surface area contributed by atoms with Crippen LogP contribution in [-0.2, 0) is 11.3 Å². The number of benzene rings is 2. The van der Waals surface area contributed by atoms with Crippen molar-refractivity contribution < 1.29 is 14.3 Å².